The summed E-state index contributed by atoms with van der Waals surface area (Å²) in [6.07, 6.45) is 0.654. The summed E-state index contributed by atoms with van der Waals surface area (Å²) in [6, 6.07) is 14.2. The van der Waals surface area contributed by atoms with E-state index in [2.05, 4.69) is 0 Å². The SMILES string of the molecule is NC(=O)c1cc(Cc2ccccc2)ccc1F. The van der Waals surface area contributed by atoms with Crippen molar-refractivity contribution in [1.29, 1.82) is 0 Å². The van der Waals surface area contributed by atoms with Gasteiger partial charge in [0.15, 0.2) is 0 Å². The van der Waals surface area contributed by atoms with E-state index in [1.807, 2.05) is 30.3 Å². The van der Waals surface area contributed by atoms with Gasteiger partial charge in [0, 0.05) is 0 Å². The first-order valence-corrected chi connectivity index (χ1v) is 5.29. The molecule has 0 aliphatic rings. The van der Waals surface area contributed by atoms with Crippen molar-refractivity contribution in [2.75, 3.05) is 0 Å². The Morgan fingerprint density at radius 2 is 1.76 bits per heavy atom. The number of primary amides is 1. The lowest BCUT2D eigenvalue weighted by Gasteiger charge is -2.04. The summed E-state index contributed by atoms with van der Waals surface area (Å²) < 4.78 is 13.3. The van der Waals surface area contributed by atoms with Gasteiger partial charge < -0.3 is 5.73 Å². The molecule has 2 rings (SSSR count). The molecule has 2 aromatic rings. The van der Waals surface area contributed by atoms with Crippen LogP contribution in [0.2, 0.25) is 0 Å². The number of carbonyl (C=O) groups excluding carboxylic acids is 1. The van der Waals surface area contributed by atoms with Crippen molar-refractivity contribution in [3.63, 3.8) is 0 Å². The van der Waals surface area contributed by atoms with Crippen molar-refractivity contribution < 1.29 is 9.18 Å². The summed E-state index contributed by atoms with van der Waals surface area (Å²) in [5, 5.41) is 0. The topological polar surface area (TPSA) is 43.1 Å². The highest BCUT2D eigenvalue weighted by atomic mass is 19.1. The third kappa shape index (κ3) is 2.69. The van der Waals surface area contributed by atoms with Gasteiger partial charge in [0.25, 0.3) is 5.91 Å². The van der Waals surface area contributed by atoms with Crippen LogP contribution in [-0.2, 0) is 6.42 Å². The smallest absolute Gasteiger partial charge is 0.251 e. The number of hydrogen-bond acceptors (Lipinski definition) is 1. The molecule has 0 unspecified atom stereocenters. The minimum Gasteiger partial charge on any atom is -0.366 e. The zero-order chi connectivity index (χ0) is 12.3. The normalized spacial score (nSPS) is 10.2. The second-order valence-corrected chi connectivity index (χ2v) is 3.84. The van der Waals surface area contributed by atoms with Crippen LogP contribution in [0.3, 0.4) is 0 Å². The van der Waals surface area contributed by atoms with Gasteiger partial charge in [0.2, 0.25) is 0 Å². The highest BCUT2D eigenvalue weighted by Gasteiger charge is 2.08. The Balaban J connectivity index is 2.29. The summed E-state index contributed by atoms with van der Waals surface area (Å²) in [6.45, 7) is 0. The molecule has 3 heteroatoms. The molecular weight excluding hydrogens is 217 g/mol. The average Bonchev–Trinajstić information content (AvgIpc) is 2.32. The van der Waals surface area contributed by atoms with E-state index in [-0.39, 0.29) is 5.56 Å². The van der Waals surface area contributed by atoms with Gasteiger partial charge in [-0.25, -0.2) is 4.39 Å². The van der Waals surface area contributed by atoms with Gasteiger partial charge in [-0.2, -0.15) is 0 Å². The van der Waals surface area contributed by atoms with Crippen molar-refractivity contribution in [3.8, 4) is 0 Å². The van der Waals surface area contributed by atoms with Gasteiger partial charge in [-0.15, -0.1) is 0 Å². The third-order valence-corrected chi connectivity index (χ3v) is 2.55. The molecule has 0 fully saturated rings. The Kier molecular flexibility index (Phi) is 3.19. The maximum Gasteiger partial charge on any atom is 0.251 e. The number of carbonyl (C=O) groups is 1. The lowest BCUT2D eigenvalue weighted by atomic mass is 10.0. The van der Waals surface area contributed by atoms with Crippen molar-refractivity contribution in [3.05, 3.63) is 71.0 Å². The summed E-state index contributed by atoms with van der Waals surface area (Å²) in [4.78, 5) is 11.0. The number of amides is 1. The predicted octanol–water partition coefficient (Wildman–Crippen LogP) is 2.52. The number of rotatable bonds is 3. The fraction of sp³-hybridized carbons (Fsp3) is 0.0714. The minimum absolute atomic E-state index is 0.0570. The lowest BCUT2D eigenvalue weighted by Crippen LogP contribution is -2.13. The summed E-state index contributed by atoms with van der Waals surface area (Å²) in [5.74, 6) is -1.31. The molecule has 2 N–H and O–H groups in total. The molecule has 2 aromatic carbocycles. The molecule has 0 bridgehead atoms. The summed E-state index contributed by atoms with van der Waals surface area (Å²) in [7, 11) is 0. The van der Waals surface area contributed by atoms with Gasteiger partial charge >= 0.3 is 0 Å². The standard InChI is InChI=1S/C14H12FNO/c15-13-7-6-11(9-12(13)14(16)17)8-10-4-2-1-3-5-10/h1-7,9H,8H2,(H2,16,17). The highest BCUT2D eigenvalue weighted by molar-refractivity contribution is 5.93. The van der Waals surface area contributed by atoms with Crippen molar-refractivity contribution in [2.45, 2.75) is 6.42 Å². The molecule has 0 aliphatic heterocycles. The first kappa shape index (κ1) is 11.3. The van der Waals surface area contributed by atoms with E-state index in [0.717, 1.165) is 11.1 Å². The molecule has 0 heterocycles. The Morgan fingerprint density at radius 3 is 2.41 bits per heavy atom. The predicted molar refractivity (Wildman–Crippen MR) is 64.2 cm³/mol. The number of nitrogens with two attached hydrogens (primary N) is 1. The minimum atomic E-state index is -0.739. The molecule has 0 atom stereocenters. The first-order chi connectivity index (χ1) is 8.16. The van der Waals surface area contributed by atoms with Gasteiger partial charge in [0.1, 0.15) is 5.82 Å². The number of halogens is 1. The van der Waals surface area contributed by atoms with E-state index in [1.165, 1.54) is 12.1 Å². The molecule has 17 heavy (non-hydrogen) atoms. The van der Waals surface area contributed by atoms with E-state index < -0.39 is 11.7 Å². The molecule has 86 valence electrons. The van der Waals surface area contributed by atoms with Crippen LogP contribution in [-0.4, -0.2) is 5.91 Å². The van der Waals surface area contributed by atoms with Crippen LogP contribution in [0.25, 0.3) is 0 Å². The first-order valence-electron chi connectivity index (χ1n) is 5.29. The molecule has 0 spiro atoms. The largest absolute Gasteiger partial charge is 0.366 e. The molecule has 1 amide bonds. The number of benzene rings is 2. The maximum atomic E-state index is 13.3. The van der Waals surface area contributed by atoms with E-state index in [1.54, 1.807) is 6.07 Å². The Bertz CT molecular complexity index is 537. The van der Waals surface area contributed by atoms with Crippen LogP contribution < -0.4 is 5.73 Å². The monoisotopic (exact) mass is 229 g/mol. The van der Waals surface area contributed by atoms with Gasteiger partial charge in [0.05, 0.1) is 5.56 Å². The number of hydrogen-bond donors (Lipinski definition) is 1. The molecule has 0 saturated heterocycles. The van der Waals surface area contributed by atoms with Crippen molar-refractivity contribution >= 4 is 5.91 Å². The Labute approximate surface area is 98.9 Å². The molecule has 0 saturated carbocycles. The highest BCUT2D eigenvalue weighted by Crippen LogP contribution is 2.14. The molecule has 2 nitrogen and oxygen atoms in total. The molecular formula is C14H12FNO. The second kappa shape index (κ2) is 4.78. The van der Waals surface area contributed by atoms with Gasteiger partial charge in [-0.05, 0) is 29.7 Å². The van der Waals surface area contributed by atoms with Crippen LogP contribution >= 0.6 is 0 Å². The van der Waals surface area contributed by atoms with Crippen LogP contribution in [0.5, 0.6) is 0 Å². The molecule has 0 aliphatic carbocycles. The Morgan fingerprint density at radius 1 is 1.06 bits per heavy atom. The quantitative estimate of drug-likeness (QED) is 0.863. The van der Waals surface area contributed by atoms with Crippen molar-refractivity contribution in [1.82, 2.24) is 0 Å². The average molecular weight is 229 g/mol. The van der Waals surface area contributed by atoms with Crippen molar-refractivity contribution in [2.24, 2.45) is 5.73 Å². The summed E-state index contributed by atoms with van der Waals surface area (Å²) >= 11 is 0. The lowest BCUT2D eigenvalue weighted by molar-refractivity contribution is 0.0996. The fourth-order valence-corrected chi connectivity index (χ4v) is 1.70. The molecule has 0 radical (unpaired) electrons. The second-order valence-electron chi connectivity index (χ2n) is 3.84. The van der Waals surface area contributed by atoms with E-state index in [0.29, 0.717) is 6.42 Å². The van der Waals surface area contributed by atoms with E-state index in [4.69, 9.17) is 5.73 Å². The van der Waals surface area contributed by atoms with Gasteiger partial charge in [-0.3, -0.25) is 4.79 Å². The Hall–Kier alpha value is -2.16. The maximum absolute atomic E-state index is 13.3. The van der Waals surface area contributed by atoms with Crippen LogP contribution in [0.1, 0.15) is 21.5 Å². The van der Waals surface area contributed by atoms with E-state index >= 15 is 0 Å². The van der Waals surface area contributed by atoms with Crippen LogP contribution in [0.15, 0.2) is 48.5 Å². The molecule has 0 aromatic heterocycles. The van der Waals surface area contributed by atoms with Crippen LogP contribution in [0, 0.1) is 5.82 Å². The summed E-state index contributed by atoms with van der Waals surface area (Å²) in [5.41, 5.74) is 7.01. The zero-order valence-corrected chi connectivity index (χ0v) is 9.19. The fourth-order valence-electron chi connectivity index (χ4n) is 1.70. The van der Waals surface area contributed by atoms with E-state index in [9.17, 15) is 9.18 Å². The van der Waals surface area contributed by atoms with Gasteiger partial charge in [-0.1, -0.05) is 36.4 Å². The van der Waals surface area contributed by atoms with Crippen LogP contribution in [0.4, 0.5) is 4.39 Å². The third-order valence-electron chi connectivity index (χ3n) is 2.55. The zero-order valence-electron chi connectivity index (χ0n) is 9.19.